The van der Waals surface area contributed by atoms with Crippen LogP contribution in [0.4, 0.5) is 5.95 Å². The van der Waals surface area contributed by atoms with Crippen molar-refractivity contribution in [2.45, 2.75) is 12.8 Å². The molecule has 1 aromatic heterocycles. The van der Waals surface area contributed by atoms with Crippen molar-refractivity contribution in [2.24, 2.45) is 0 Å². The van der Waals surface area contributed by atoms with Gasteiger partial charge in [0, 0.05) is 19.3 Å². The fourth-order valence-corrected chi connectivity index (χ4v) is 1.45. The fourth-order valence-electron chi connectivity index (χ4n) is 1.45. The summed E-state index contributed by atoms with van der Waals surface area (Å²) < 4.78 is 0. The predicted octanol–water partition coefficient (Wildman–Crippen LogP) is 0.771. The van der Waals surface area contributed by atoms with Gasteiger partial charge in [0.15, 0.2) is 0 Å². The molecule has 0 bridgehead atoms. The van der Waals surface area contributed by atoms with Crippen LogP contribution in [0.5, 0.6) is 0 Å². The molecule has 2 rings (SSSR count). The van der Waals surface area contributed by atoms with Crippen LogP contribution in [0.2, 0.25) is 0 Å². The van der Waals surface area contributed by atoms with E-state index in [0.717, 1.165) is 13.1 Å². The van der Waals surface area contributed by atoms with Gasteiger partial charge in [-0.1, -0.05) is 0 Å². The lowest BCUT2D eigenvalue weighted by Gasteiger charge is -2.15. The molecule has 1 aliphatic heterocycles. The summed E-state index contributed by atoms with van der Waals surface area (Å²) in [6, 6.07) is 3.58. The summed E-state index contributed by atoms with van der Waals surface area (Å²) >= 11 is 0. The van der Waals surface area contributed by atoms with Crippen LogP contribution in [0.3, 0.4) is 0 Å². The van der Waals surface area contributed by atoms with Crippen molar-refractivity contribution in [1.29, 1.82) is 5.26 Å². The Bertz CT molecular complexity index is 350. The van der Waals surface area contributed by atoms with Crippen LogP contribution in [0.25, 0.3) is 0 Å². The van der Waals surface area contributed by atoms with Gasteiger partial charge in [-0.25, -0.2) is 15.0 Å². The molecule has 1 saturated heterocycles. The fraction of sp³-hybridized carbons (Fsp3) is 0.444. The summed E-state index contributed by atoms with van der Waals surface area (Å²) in [5, 5.41) is 10.7. The van der Waals surface area contributed by atoms with Crippen LogP contribution in [0.15, 0.2) is 12.3 Å². The Morgan fingerprint density at radius 1 is 1.43 bits per heavy atom. The zero-order valence-corrected chi connectivity index (χ0v) is 7.77. The number of hydrogen-bond acceptors (Lipinski definition) is 5. The first-order valence-corrected chi connectivity index (χ1v) is 4.63. The maximum atomic E-state index is 8.64. The molecule has 0 radical (unpaired) electrons. The standard InChI is InChI=1S/C9H11N5/c10-7-8-3-4-11-9(12-8)13-14-5-1-2-6-14/h3-4H,1-2,5-6H2,(H,11,12,13). The van der Waals surface area contributed by atoms with Crippen molar-refractivity contribution >= 4 is 5.95 Å². The summed E-state index contributed by atoms with van der Waals surface area (Å²) in [4.78, 5) is 8.07. The van der Waals surface area contributed by atoms with Crippen LogP contribution in [0, 0.1) is 11.3 Å². The summed E-state index contributed by atoms with van der Waals surface area (Å²) in [6.07, 6.45) is 3.99. The van der Waals surface area contributed by atoms with Crippen LogP contribution < -0.4 is 5.43 Å². The quantitative estimate of drug-likeness (QED) is 0.744. The molecule has 1 fully saturated rings. The second kappa shape index (κ2) is 4.03. The van der Waals surface area contributed by atoms with E-state index >= 15 is 0 Å². The first-order valence-electron chi connectivity index (χ1n) is 4.63. The highest BCUT2D eigenvalue weighted by atomic mass is 15.5. The number of anilines is 1. The van der Waals surface area contributed by atoms with E-state index in [1.807, 2.05) is 6.07 Å². The largest absolute Gasteiger partial charge is 0.287 e. The maximum absolute atomic E-state index is 8.64. The third-order valence-corrected chi connectivity index (χ3v) is 2.13. The summed E-state index contributed by atoms with van der Waals surface area (Å²) in [5.41, 5.74) is 3.47. The third kappa shape index (κ3) is 1.98. The van der Waals surface area contributed by atoms with E-state index in [9.17, 15) is 0 Å². The van der Waals surface area contributed by atoms with Crippen LogP contribution in [0.1, 0.15) is 18.5 Å². The minimum Gasteiger partial charge on any atom is -0.287 e. The van der Waals surface area contributed by atoms with E-state index < -0.39 is 0 Å². The summed E-state index contributed by atoms with van der Waals surface area (Å²) in [6.45, 7) is 2.03. The van der Waals surface area contributed by atoms with Gasteiger partial charge >= 0.3 is 0 Å². The SMILES string of the molecule is N#Cc1ccnc(NN2CCCC2)n1. The Labute approximate surface area is 82.4 Å². The number of rotatable bonds is 2. The molecule has 0 saturated carbocycles. The second-order valence-electron chi connectivity index (χ2n) is 3.18. The molecule has 0 aliphatic carbocycles. The molecule has 14 heavy (non-hydrogen) atoms. The van der Waals surface area contributed by atoms with Gasteiger partial charge in [-0.3, -0.25) is 5.43 Å². The normalized spacial score (nSPS) is 16.5. The van der Waals surface area contributed by atoms with Gasteiger partial charge in [-0.15, -0.1) is 0 Å². The molecule has 0 aromatic carbocycles. The molecule has 0 atom stereocenters. The molecule has 1 aromatic rings. The van der Waals surface area contributed by atoms with Gasteiger partial charge in [0.2, 0.25) is 5.95 Å². The minimum atomic E-state index is 0.390. The lowest BCUT2D eigenvalue weighted by Crippen LogP contribution is -2.27. The molecule has 5 nitrogen and oxygen atoms in total. The van der Waals surface area contributed by atoms with E-state index in [0.29, 0.717) is 11.6 Å². The molecule has 72 valence electrons. The monoisotopic (exact) mass is 189 g/mol. The van der Waals surface area contributed by atoms with Crippen molar-refractivity contribution in [3.63, 3.8) is 0 Å². The number of nitrogens with zero attached hydrogens (tertiary/aromatic N) is 4. The number of aromatic nitrogens is 2. The van der Waals surface area contributed by atoms with Gasteiger partial charge in [0.05, 0.1) is 0 Å². The number of hydrogen-bond donors (Lipinski definition) is 1. The number of nitrogens with one attached hydrogen (secondary N) is 1. The highest BCUT2D eigenvalue weighted by Gasteiger charge is 2.11. The van der Waals surface area contributed by atoms with Gasteiger partial charge < -0.3 is 0 Å². The molecule has 5 heteroatoms. The summed E-state index contributed by atoms with van der Waals surface area (Å²) in [7, 11) is 0. The van der Waals surface area contributed by atoms with Crippen LogP contribution in [-0.4, -0.2) is 28.1 Å². The lowest BCUT2D eigenvalue weighted by molar-refractivity contribution is 0.405. The smallest absolute Gasteiger partial charge is 0.238 e. The van der Waals surface area contributed by atoms with Crippen LogP contribution >= 0.6 is 0 Å². The minimum absolute atomic E-state index is 0.390. The predicted molar refractivity (Wildman–Crippen MR) is 51.2 cm³/mol. The highest BCUT2D eigenvalue weighted by molar-refractivity contribution is 5.29. The van der Waals surface area contributed by atoms with Crippen molar-refractivity contribution in [1.82, 2.24) is 15.0 Å². The average Bonchev–Trinajstić information content (AvgIpc) is 2.71. The Kier molecular flexibility index (Phi) is 2.56. The van der Waals surface area contributed by atoms with Gasteiger partial charge in [0.1, 0.15) is 11.8 Å². The van der Waals surface area contributed by atoms with E-state index in [2.05, 4.69) is 20.4 Å². The average molecular weight is 189 g/mol. The van der Waals surface area contributed by atoms with E-state index in [4.69, 9.17) is 5.26 Å². The first kappa shape index (κ1) is 8.91. The van der Waals surface area contributed by atoms with Crippen molar-refractivity contribution in [3.05, 3.63) is 18.0 Å². The molecule has 1 aliphatic rings. The Hall–Kier alpha value is -1.67. The first-order chi connectivity index (χ1) is 6.88. The molecular weight excluding hydrogens is 178 g/mol. The van der Waals surface area contributed by atoms with E-state index in [1.54, 1.807) is 12.3 Å². The Morgan fingerprint density at radius 3 is 2.93 bits per heavy atom. The Balaban J connectivity index is 2.05. The highest BCUT2D eigenvalue weighted by Crippen LogP contribution is 2.08. The maximum Gasteiger partial charge on any atom is 0.238 e. The van der Waals surface area contributed by atoms with Crippen LogP contribution in [-0.2, 0) is 0 Å². The van der Waals surface area contributed by atoms with Gasteiger partial charge in [0.25, 0.3) is 0 Å². The van der Waals surface area contributed by atoms with E-state index in [-0.39, 0.29) is 0 Å². The van der Waals surface area contributed by atoms with Crippen molar-refractivity contribution in [3.8, 4) is 6.07 Å². The van der Waals surface area contributed by atoms with Crippen molar-refractivity contribution < 1.29 is 0 Å². The number of nitriles is 1. The molecule has 0 unspecified atom stereocenters. The zero-order valence-electron chi connectivity index (χ0n) is 7.77. The van der Waals surface area contributed by atoms with Crippen molar-refractivity contribution in [2.75, 3.05) is 18.5 Å². The molecular formula is C9H11N5. The van der Waals surface area contributed by atoms with E-state index in [1.165, 1.54) is 12.8 Å². The third-order valence-electron chi connectivity index (χ3n) is 2.13. The zero-order chi connectivity index (χ0) is 9.80. The molecule has 0 amide bonds. The molecule has 2 heterocycles. The van der Waals surface area contributed by atoms with Gasteiger partial charge in [-0.05, 0) is 18.9 Å². The second-order valence-corrected chi connectivity index (χ2v) is 3.18. The molecule has 0 spiro atoms. The van der Waals surface area contributed by atoms with Gasteiger partial charge in [-0.2, -0.15) is 5.26 Å². The topological polar surface area (TPSA) is 64.8 Å². The Morgan fingerprint density at radius 2 is 2.21 bits per heavy atom. The number of hydrazine groups is 1. The lowest BCUT2D eigenvalue weighted by atomic mass is 10.4. The summed E-state index contributed by atoms with van der Waals surface area (Å²) in [5.74, 6) is 0.506. The molecule has 1 N–H and O–H groups in total.